The van der Waals surface area contributed by atoms with Crippen molar-refractivity contribution in [3.05, 3.63) is 52.3 Å². The van der Waals surface area contributed by atoms with Gasteiger partial charge in [0.15, 0.2) is 17.4 Å². The molecule has 3 nitrogen and oxygen atoms in total. The summed E-state index contributed by atoms with van der Waals surface area (Å²) >= 11 is 11.2. The molecule has 0 aliphatic rings. The predicted molar refractivity (Wildman–Crippen MR) is 88.1 cm³/mol. The molecule has 2 aromatic carbocycles. The van der Waals surface area contributed by atoms with Gasteiger partial charge in [-0.15, -0.1) is 11.6 Å². The molecule has 2 rings (SSSR count). The normalized spacial score (nSPS) is 12.8. The molecule has 0 aliphatic heterocycles. The molecule has 1 atom stereocenters. The SMILES string of the molecule is OC(CCl)CNc1cc(Oc2c(F)cc(C(F)(F)F)cc2F)c(Cl)cc1F. The number of ether oxygens (including phenoxy) is 1. The highest BCUT2D eigenvalue weighted by Crippen LogP contribution is 2.38. The van der Waals surface area contributed by atoms with Gasteiger partial charge in [0.25, 0.3) is 0 Å². The predicted octanol–water partition coefficient (Wildman–Crippen LogP) is 5.58. The summed E-state index contributed by atoms with van der Waals surface area (Å²) in [6, 6.07) is 1.83. The molecule has 0 heterocycles. The van der Waals surface area contributed by atoms with Gasteiger partial charge in [-0.25, -0.2) is 13.2 Å². The Balaban J connectivity index is 2.34. The first-order chi connectivity index (χ1) is 12.5. The van der Waals surface area contributed by atoms with Crippen LogP contribution in [0.1, 0.15) is 5.56 Å². The van der Waals surface area contributed by atoms with Crippen molar-refractivity contribution in [2.45, 2.75) is 12.3 Å². The molecule has 2 N–H and O–H groups in total. The highest BCUT2D eigenvalue weighted by atomic mass is 35.5. The van der Waals surface area contributed by atoms with E-state index >= 15 is 0 Å². The van der Waals surface area contributed by atoms with E-state index in [1.54, 1.807) is 0 Å². The van der Waals surface area contributed by atoms with E-state index in [4.69, 9.17) is 27.9 Å². The Morgan fingerprint density at radius 2 is 1.63 bits per heavy atom. The zero-order valence-corrected chi connectivity index (χ0v) is 14.7. The Morgan fingerprint density at radius 3 is 2.15 bits per heavy atom. The number of halogens is 8. The Labute approximate surface area is 159 Å². The lowest BCUT2D eigenvalue weighted by Crippen LogP contribution is -2.21. The topological polar surface area (TPSA) is 41.5 Å². The maximum Gasteiger partial charge on any atom is 0.416 e. The minimum atomic E-state index is -4.95. The number of anilines is 1. The number of alkyl halides is 4. The Kier molecular flexibility index (Phi) is 6.72. The molecule has 0 aromatic heterocycles. The fourth-order valence-corrected chi connectivity index (χ4v) is 2.25. The molecule has 0 saturated heterocycles. The third kappa shape index (κ3) is 5.33. The summed E-state index contributed by atoms with van der Waals surface area (Å²) in [5.41, 5.74) is -1.77. The molecule has 0 radical (unpaired) electrons. The molecule has 148 valence electrons. The van der Waals surface area contributed by atoms with Gasteiger partial charge in [0, 0.05) is 12.6 Å². The van der Waals surface area contributed by atoms with Crippen molar-refractivity contribution in [3.8, 4) is 11.5 Å². The largest absolute Gasteiger partial charge is 0.450 e. The van der Waals surface area contributed by atoms with Crippen LogP contribution in [-0.4, -0.2) is 23.6 Å². The molecule has 0 aliphatic carbocycles. The Bertz CT molecular complexity index is 808. The van der Waals surface area contributed by atoms with Crippen molar-refractivity contribution in [1.82, 2.24) is 0 Å². The van der Waals surface area contributed by atoms with E-state index in [0.717, 1.165) is 12.1 Å². The number of rotatable bonds is 6. The van der Waals surface area contributed by atoms with E-state index < -0.39 is 46.8 Å². The van der Waals surface area contributed by atoms with Crippen LogP contribution in [0.25, 0.3) is 0 Å². The van der Waals surface area contributed by atoms with E-state index in [-0.39, 0.29) is 35.3 Å². The second kappa shape index (κ2) is 8.45. The summed E-state index contributed by atoms with van der Waals surface area (Å²) in [4.78, 5) is 0. The van der Waals surface area contributed by atoms with Crippen molar-refractivity contribution in [3.63, 3.8) is 0 Å². The van der Waals surface area contributed by atoms with Crippen LogP contribution in [0, 0.1) is 17.5 Å². The standard InChI is InChI=1S/C16H11Cl2F6NO2/c17-5-8(26)6-25-13-4-14(9(18)3-10(13)19)27-15-11(20)1-7(2-12(15)21)16(22,23)24/h1-4,8,25-26H,5-6H2. The number of aliphatic hydroxyl groups is 1. The number of hydrogen-bond acceptors (Lipinski definition) is 3. The molecular formula is C16H11Cl2F6NO2. The van der Waals surface area contributed by atoms with Crippen molar-refractivity contribution in [2.75, 3.05) is 17.7 Å². The van der Waals surface area contributed by atoms with Gasteiger partial charge in [-0.2, -0.15) is 13.2 Å². The quantitative estimate of drug-likeness (QED) is 0.461. The smallest absolute Gasteiger partial charge is 0.416 e. The lowest BCUT2D eigenvalue weighted by Gasteiger charge is -2.15. The van der Waals surface area contributed by atoms with Crippen LogP contribution >= 0.6 is 23.2 Å². The lowest BCUT2D eigenvalue weighted by molar-refractivity contribution is -0.138. The van der Waals surface area contributed by atoms with E-state index in [2.05, 4.69) is 5.32 Å². The first-order valence-corrected chi connectivity index (χ1v) is 8.15. The van der Waals surface area contributed by atoms with Crippen LogP contribution in [0.3, 0.4) is 0 Å². The molecule has 1 unspecified atom stereocenters. The minimum Gasteiger partial charge on any atom is -0.450 e. The monoisotopic (exact) mass is 433 g/mol. The van der Waals surface area contributed by atoms with Crippen molar-refractivity contribution in [2.24, 2.45) is 0 Å². The van der Waals surface area contributed by atoms with Crippen LogP contribution in [0.5, 0.6) is 11.5 Å². The lowest BCUT2D eigenvalue weighted by atomic mass is 10.2. The highest BCUT2D eigenvalue weighted by Gasteiger charge is 2.33. The summed E-state index contributed by atoms with van der Waals surface area (Å²) in [6.45, 7) is -0.148. The Morgan fingerprint density at radius 1 is 1.04 bits per heavy atom. The van der Waals surface area contributed by atoms with Gasteiger partial charge in [-0.05, 0) is 18.2 Å². The molecule has 11 heteroatoms. The average Bonchev–Trinajstić information content (AvgIpc) is 2.57. The van der Waals surface area contributed by atoms with E-state index in [1.165, 1.54) is 0 Å². The summed E-state index contributed by atoms with van der Waals surface area (Å²) in [7, 11) is 0. The van der Waals surface area contributed by atoms with Gasteiger partial charge < -0.3 is 15.2 Å². The van der Waals surface area contributed by atoms with Crippen LogP contribution in [0.15, 0.2) is 24.3 Å². The van der Waals surface area contributed by atoms with Crippen molar-refractivity contribution < 1.29 is 36.2 Å². The number of nitrogens with one attached hydrogen (secondary N) is 1. The van der Waals surface area contributed by atoms with Gasteiger partial charge in [-0.1, -0.05) is 11.6 Å². The van der Waals surface area contributed by atoms with E-state index in [1.807, 2.05) is 0 Å². The summed E-state index contributed by atoms with van der Waals surface area (Å²) in [5.74, 6) is -5.78. The third-order valence-electron chi connectivity index (χ3n) is 3.27. The molecule has 0 spiro atoms. The van der Waals surface area contributed by atoms with Gasteiger partial charge in [0.05, 0.1) is 28.3 Å². The average molecular weight is 434 g/mol. The number of hydrogen-bond donors (Lipinski definition) is 2. The highest BCUT2D eigenvalue weighted by molar-refractivity contribution is 6.32. The van der Waals surface area contributed by atoms with Crippen LogP contribution in [0.2, 0.25) is 5.02 Å². The molecular weight excluding hydrogens is 423 g/mol. The fraction of sp³-hybridized carbons (Fsp3) is 0.250. The maximum atomic E-state index is 13.9. The minimum absolute atomic E-state index is 0.0613. The first-order valence-electron chi connectivity index (χ1n) is 7.24. The third-order valence-corrected chi connectivity index (χ3v) is 3.92. The molecule has 0 saturated carbocycles. The number of aliphatic hydroxyl groups excluding tert-OH is 1. The number of benzene rings is 2. The first kappa shape index (κ1) is 21.5. The summed E-state index contributed by atoms with van der Waals surface area (Å²) in [6.07, 6.45) is -5.95. The summed E-state index contributed by atoms with van der Waals surface area (Å²) < 4.78 is 84.3. The van der Waals surface area contributed by atoms with Crippen LogP contribution < -0.4 is 10.1 Å². The van der Waals surface area contributed by atoms with Gasteiger partial charge in [0.2, 0.25) is 0 Å². The van der Waals surface area contributed by atoms with E-state index in [0.29, 0.717) is 0 Å². The van der Waals surface area contributed by atoms with Crippen molar-refractivity contribution >= 4 is 28.9 Å². The molecule has 0 amide bonds. The second-order valence-corrected chi connectivity index (χ2v) is 6.04. The van der Waals surface area contributed by atoms with Crippen LogP contribution in [0.4, 0.5) is 32.0 Å². The fourth-order valence-electron chi connectivity index (χ4n) is 1.96. The zero-order valence-electron chi connectivity index (χ0n) is 13.2. The summed E-state index contributed by atoms with van der Waals surface area (Å²) in [5, 5.41) is 11.5. The second-order valence-electron chi connectivity index (χ2n) is 5.32. The molecule has 27 heavy (non-hydrogen) atoms. The van der Waals surface area contributed by atoms with E-state index in [9.17, 15) is 31.4 Å². The molecule has 2 aromatic rings. The van der Waals surface area contributed by atoms with Crippen molar-refractivity contribution in [1.29, 1.82) is 0 Å². The zero-order chi connectivity index (χ0) is 20.4. The maximum absolute atomic E-state index is 13.9. The van der Waals surface area contributed by atoms with Crippen LogP contribution in [-0.2, 0) is 6.18 Å². The van der Waals surface area contributed by atoms with Gasteiger partial charge >= 0.3 is 6.18 Å². The van der Waals surface area contributed by atoms with Gasteiger partial charge in [0.1, 0.15) is 11.6 Å². The van der Waals surface area contributed by atoms with Gasteiger partial charge in [-0.3, -0.25) is 0 Å². The molecule has 0 fully saturated rings. The Hall–Kier alpha value is -1.84. The molecule has 0 bridgehead atoms.